The third-order valence-corrected chi connectivity index (χ3v) is 4.13. The van der Waals surface area contributed by atoms with E-state index in [0.29, 0.717) is 0 Å². The molecule has 2 aromatic carbocycles. The van der Waals surface area contributed by atoms with Crippen molar-refractivity contribution in [3.63, 3.8) is 0 Å². The zero-order chi connectivity index (χ0) is 16.9. The number of rotatable bonds is 5. The van der Waals surface area contributed by atoms with E-state index >= 15 is 0 Å². The van der Waals surface area contributed by atoms with E-state index in [2.05, 4.69) is 29.6 Å². The summed E-state index contributed by atoms with van der Waals surface area (Å²) in [5, 5.41) is 2.54. The highest BCUT2D eigenvalue weighted by Gasteiger charge is 2.28. The molecule has 0 atom stereocenters. The van der Waals surface area contributed by atoms with E-state index in [1.165, 1.54) is 11.1 Å². The van der Waals surface area contributed by atoms with Gasteiger partial charge in [0.15, 0.2) is 0 Å². The van der Waals surface area contributed by atoms with Crippen LogP contribution >= 0.6 is 0 Å². The van der Waals surface area contributed by atoms with Gasteiger partial charge in [0.2, 0.25) is 5.91 Å². The van der Waals surface area contributed by atoms with Gasteiger partial charge in [0.25, 0.3) is 0 Å². The number of hydrogen-bond acceptors (Lipinski definition) is 4. The molecule has 2 amide bonds. The first-order valence-corrected chi connectivity index (χ1v) is 7.79. The molecular weight excluding hydrogens is 306 g/mol. The number of hydrogen-bond donors (Lipinski definition) is 3. The van der Waals surface area contributed by atoms with E-state index in [0.717, 1.165) is 11.1 Å². The Hall–Kier alpha value is -2.86. The maximum absolute atomic E-state index is 11.8. The summed E-state index contributed by atoms with van der Waals surface area (Å²) in [7, 11) is 0. The van der Waals surface area contributed by atoms with Gasteiger partial charge in [0.05, 0.1) is 0 Å². The van der Waals surface area contributed by atoms with Gasteiger partial charge in [0.1, 0.15) is 6.61 Å². The van der Waals surface area contributed by atoms with E-state index in [-0.39, 0.29) is 31.4 Å². The van der Waals surface area contributed by atoms with Crippen LogP contribution in [0.2, 0.25) is 0 Å². The molecule has 1 aliphatic carbocycles. The summed E-state index contributed by atoms with van der Waals surface area (Å²) in [6.07, 6.45) is -0.428. The summed E-state index contributed by atoms with van der Waals surface area (Å²) in [5.74, 6) is 4.66. The highest BCUT2D eigenvalue weighted by molar-refractivity contribution is 5.79. The fraction of sp³-hybridized carbons (Fsp3) is 0.222. The van der Waals surface area contributed by atoms with E-state index in [1.54, 1.807) is 0 Å². The molecule has 6 heteroatoms. The van der Waals surface area contributed by atoms with Gasteiger partial charge in [-0.3, -0.25) is 10.2 Å². The van der Waals surface area contributed by atoms with Crippen LogP contribution < -0.4 is 16.6 Å². The van der Waals surface area contributed by atoms with Gasteiger partial charge in [-0.15, -0.1) is 0 Å². The minimum atomic E-state index is -0.540. The Balaban J connectivity index is 1.63. The van der Waals surface area contributed by atoms with Crippen molar-refractivity contribution < 1.29 is 14.3 Å². The lowest BCUT2D eigenvalue weighted by Crippen LogP contribution is -2.34. The first-order chi connectivity index (χ1) is 11.7. The zero-order valence-corrected chi connectivity index (χ0v) is 13.1. The van der Waals surface area contributed by atoms with E-state index < -0.39 is 6.09 Å². The molecular formula is C18H19N3O3. The highest BCUT2D eigenvalue weighted by atomic mass is 16.5. The van der Waals surface area contributed by atoms with Crippen LogP contribution in [0.1, 0.15) is 23.5 Å². The van der Waals surface area contributed by atoms with Crippen molar-refractivity contribution in [3.8, 4) is 11.1 Å². The minimum Gasteiger partial charge on any atom is -0.449 e. The lowest BCUT2D eigenvalue weighted by atomic mass is 9.98. The van der Waals surface area contributed by atoms with Gasteiger partial charge in [-0.25, -0.2) is 10.6 Å². The second-order valence-electron chi connectivity index (χ2n) is 5.57. The number of nitrogens with two attached hydrogens (primary N) is 1. The van der Waals surface area contributed by atoms with Crippen LogP contribution in [0.25, 0.3) is 11.1 Å². The molecule has 4 N–H and O–H groups in total. The van der Waals surface area contributed by atoms with Crippen LogP contribution in [0.3, 0.4) is 0 Å². The smallest absolute Gasteiger partial charge is 0.407 e. The lowest BCUT2D eigenvalue weighted by molar-refractivity contribution is -0.121. The van der Waals surface area contributed by atoms with E-state index in [1.807, 2.05) is 29.7 Å². The fourth-order valence-corrected chi connectivity index (χ4v) is 3.00. The van der Waals surface area contributed by atoms with Crippen molar-refractivity contribution in [2.45, 2.75) is 12.3 Å². The molecule has 0 unspecified atom stereocenters. The monoisotopic (exact) mass is 325 g/mol. The number of nitrogens with one attached hydrogen (secondary N) is 2. The van der Waals surface area contributed by atoms with Crippen molar-refractivity contribution >= 4 is 12.0 Å². The van der Waals surface area contributed by atoms with Crippen molar-refractivity contribution in [1.29, 1.82) is 0 Å². The normalized spacial score (nSPS) is 12.2. The van der Waals surface area contributed by atoms with E-state index in [9.17, 15) is 9.59 Å². The molecule has 2 aromatic rings. The quantitative estimate of drug-likeness (QED) is 0.445. The van der Waals surface area contributed by atoms with Crippen molar-refractivity contribution in [2.75, 3.05) is 13.2 Å². The standard InChI is InChI=1S/C18H19N3O3/c19-21-17(22)9-10-20-18(23)24-11-16-14-7-3-1-5-12(14)13-6-2-4-8-15(13)16/h1-8,16H,9-11,19H2,(H,20,23)(H,21,22). The van der Waals surface area contributed by atoms with Gasteiger partial charge >= 0.3 is 6.09 Å². The molecule has 0 heterocycles. The van der Waals surface area contributed by atoms with Crippen LogP contribution in [-0.2, 0) is 9.53 Å². The number of benzene rings is 2. The molecule has 0 aromatic heterocycles. The number of amides is 2. The molecule has 6 nitrogen and oxygen atoms in total. The average Bonchev–Trinajstić information content (AvgIpc) is 2.94. The van der Waals surface area contributed by atoms with E-state index in [4.69, 9.17) is 10.6 Å². The first kappa shape index (κ1) is 16.0. The summed E-state index contributed by atoms with van der Waals surface area (Å²) in [4.78, 5) is 22.8. The third-order valence-electron chi connectivity index (χ3n) is 4.13. The molecule has 3 rings (SSSR count). The zero-order valence-electron chi connectivity index (χ0n) is 13.1. The van der Waals surface area contributed by atoms with Gasteiger partial charge in [-0.1, -0.05) is 48.5 Å². The molecule has 0 fully saturated rings. The van der Waals surface area contributed by atoms with Crippen LogP contribution in [0.15, 0.2) is 48.5 Å². The van der Waals surface area contributed by atoms with Gasteiger partial charge in [0, 0.05) is 18.9 Å². The summed E-state index contributed by atoms with van der Waals surface area (Å²) >= 11 is 0. The van der Waals surface area contributed by atoms with Crippen molar-refractivity contribution in [3.05, 3.63) is 59.7 Å². The second-order valence-corrected chi connectivity index (χ2v) is 5.57. The number of carbonyl (C=O) groups is 2. The Kier molecular flexibility index (Phi) is 4.77. The third kappa shape index (κ3) is 3.23. The number of ether oxygens (including phenoxy) is 1. The molecule has 0 saturated heterocycles. The van der Waals surface area contributed by atoms with Gasteiger partial charge in [-0.2, -0.15) is 0 Å². The Morgan fingerprint density at radius 2 is 1.58 bits per heavy atom. The lowest BCUT2D eigenvalue weighted by Gasteiger charge is -2.14. The maximum atomic E-state index is 11.8. The van der Waals surface area contributed by atoms with Crippen molar-refractivity contribution in [1.82, 2.24) is 10.7 Å². The first-order valence-electron chi connectivity index (χ1n) is 7.79. The number of carbonyl (C=O) groups excluding carboxylic acids is 2. The second kappa shape index (κ2) is 7.14. The number of fused-ring (bicyclic) bond motifs is 3. The number of hydrazine groups is 1. The summed E-state index contributed by atoms with van der Waals surface area (Å²) in [5.41, 5.74) is 6.69. The molecule has 0 bridgehead atoms. The Labute approximate surface area is 140 Å². The molecule has 0 saturated carbocycles. The van der Waals surface area contributed by atoms with Crippen LogP contribution in [0.5, 0.6) is 0 Å². The predicted molar refractivity (Wildman–Crippen MR) is 90.0 cm³/mol. The molecule has 124 valence electrons. The predicted octanol–water partition coefficient (Wildman–Crippen LogP) is 1.91. The van der Waals surface area contributed by atoms with Gasteiger partial charge < -0.3 is 10.1 Å². The molecule has 0 spiro atoms. The van der Waals surface area contributed by atoms with Crippen LogP contribution in [0.4, 0.5) is 4.79 Å². The van der Waals surface area contributed by atoms with Crippen LogP contribution in [-0.4, -0.2) is 25.2 Å². The molecule has 24 heavy (non-hydrogen) atoms. The van der Waals surface area contributed by atoms with Gasteiger partial charge in [-0.05, 0) is 22.3 Å². The molecule has 1 aliphatic rings. The highest BCUT2D eigenvalue weighted by Crippen LogP contribution is 2.44. The summed E-state index contributed by atoms with van der Waals surface area (Å²) in [6.45, 7) is 0.433. The molecule has 0 aliphatic heterocycles. The Bertz CT molecular complexity index is 715. The maximum Gasteiger partial charge on any atom is 0.407 e. The Morgan fingerprint density at radius 1 is 1.00 bits per heavy atom. The van der Waals surface area contributed by atoms with Crippen LogP contribution in [0, 0.1) is 0 Å². The largest absolute Gasteiger partial charge is 0.449 e. The SMILES string of the molecule is NNC(=O)CCNC(=O)OCC1c2ccccc2-c2ccccc21. The Morgan fingerprint density at radius 3 is 2.17 bits per heavy atom. The summed E-state index contributed by atoms with van der Waals surface area (Å²) in [6, 6.07) is 16.3. The summed E-state index contributed by atoms with van der Waals surface area (Å²) < 4.78 is 5.34. The average molecular weight is 325 g/mol. The van der Waals surface area contributed by atoms with Crippen molar-refractivity contribution in [2.24, 2.45) is 5.84 Å². The fourth-order valence-electron chi connectivity index (χ4n) is 3.00. The topological polar surface area (TPSA) is 93.5 Å². The minimum absolute atomic E-state index is 0.0236. The molecule has 0 radical (unpaired) electrons. The number of alkyl carbamates (subject to hydrolysis) is 1.